The molecule has 0 bridgehead atoms. The molecular formula is C16H16Br2O. The van der Waals surface area contributed by atoms with Crippen molar-refractivity contribution in [2.24, 2.45) is 0 Å². The summed E-state index contributed by atoms with van der Waals surface area (Å²) in [5, 5.41) is 11.8. The maximum Gasteiger partial charge on any atom is 0.123 e. The molecule has 0 amide bonds. The number of aryl methyl sites for hydroxylation is 2. The van der Waals surface area contributed by atoms with Crippen LogP contribution >= 0.6 is 31.9 Å². The Morgan fingerprint density at radius 3 is 2.16 bits per heavy atom. The van der Waals surface area contributed by atoms with Crippen molar-refractivity contribution in [3.05, 3.63) is 52.6 Å². The average Bonchev–Trinajstić information content (AvgIpc) is 2.38. The Balaban J connectivity index is 2.71. The minimum Gasteiger partial charge on any atom is -0.507 e. The monoisotopic (exact) mass is 382 g/mol. The van der Waals surface area contributed by atoms with E-state index in [1.165, 1.54) is 11.1 Å². The van der Waals surface area contributed by atoms with Gasteiger partial charge in [-0.3, -0.25) is 0 Å². The summed E-state index contributed by atoms with van der Waals surface area (Å²) in [6.07, 6.45) is 0. The van der Waals surface area contributed by atoms with Crippen LogP contribution in [0.2, 0.25) is 0 Å². The van der Waals surface area contributed by atoms with Crippen molar-refractivity contribution in [3.8, 4) is 16.9 Å². The molecule has 0 aliphatic heterocycles. The fourth-order valence-electron chi connectivity index (χ4n) is 2.33. The molecule has 0 fully saturated rings. The summed E-state index contributed by atoms with van der Waals surface area (Å²) in [5.74, 6) is 0.348. The first kappa shape index (κ1) is 14.6. The molecule has 100 valence electrons. The molecule has 0 heterocycles. The van der Waals surface area contributed by atoms with Crippen molar-refractivity contribution >= 4 is 31.9 Å². The van der Waals surface area contributed by atoms with E-state index in [0.717, 1.165) is 32.9 Å². The first-order valence-electron chi connectivity index (χ1n) is 6.11. The number of halogens is 2. The van der Waals surface area contributed by atoms with Crippen LogP contribution in [-0.2, 0) is 10.7 Å². The molecule has 0 saturated heterocycles. The van der Waals surface area contributed by atoms with Gasteiger partial charge in [-0.05, 0) is 42.2 Å². The van der Waals surface area contributed by atoms with Crippen molar-refractivity contribution in [2.75, 3.05) is 0 Å². The molecule has 0 aliphatic rings. The first-order valence-corrected chi connectivity index (χ1v) is 8.35. The Labute approximate surface area is 130 Å². The summed E-state index contributed by atoms with van der Waals surface area (Å²) >= 11 is 7.04. The lowest BCUT2D eigenvalue weighted by Crippen LogP contribution is -1.93. The lowest BCUT2D eigenvalue weighted by molar-refractivity contribution is 0.476. The number of phenolic OH excluding ortho intramolecular Hbond substituents is 1. The summed E-state index contributed by atoms with van der Waals surface area (Å²) < 4.78 is 0. The van der Waals surface area contributed by atoms with Gasteiger partial charge in [0.1, 0.15) is 5.75 Å². The second-order valence-electron chi connectivity index (χ2n) is 4.75. The van der Waals surface area contributed by atoms with Crippen LogP contribution < -0.4 is 0 Å². The van der Waals surface area contributed by atoms with Crippen LogP contribution in [0.4, 0.5) is 0 Å². The number of phenols is 1. The van der Waals surface area contributed by atoms with E-state index < -0.39 is 0 Å². The van der Waals surface area contributed by atoms with Gasteiger partial charge in [-0.25, -0.2) is 0 Å². The first-order chi connectivity index (χ1) is 9.06. The number of aromatic hydroxyl groups is 1. The number of rotatable bonds is 3. The van der Waals surface area contributed by atoms with E-state index in [-0.39, 0.29) is 0 Å². The normalized spacial score (nSPS) is 10.7. The lowest BCUT2D eigenvalue weighted by atomic mass is 9.93. The zero-order chi connectivity index (χ0) is 14.0. The molecule has 2 aromatic rings. The molecule has 0 atom stereocenters. The molecule has 1 nitrogen and oxygen atoms in total. The van der Waals surface area contributed by atoms with Gasteiger partial charge in [-0.2, -0.15) is 0 Å². The molecule has 19 heavy (non-hydrogen) atoms. The molecule has 0 unspecified atom stereocenters. The minimum atomic E-state index is 0.348. The zero-order valence-corrected chi connectivity index (χ0v) is 14.2. The van der Waals surface area contributed by atoms with Gasteiger partial charge in [0.25, 0.3) is 0 Å². The third kappa shape index (κ3) is 3.03. The van der Waals surface area contributed by atoms with Crippen LogP contribution in [0, 0.1) is 13.8 Å². The molecule has 0 spiro atoms. The Bertz CT molecular complexity index is 606. The molecule has 0 radical (unpaired) electrons. The Morgan fingerprint density at radius 2 is 1.53 bits per heavy atom. The van der Waals surface area contributed by atoms with Gasteiger partial charge in [0.05, 0.1) is 0 Å². The van der Waals surface area contributed by atoms with Crippen molar-refractivity contribution in [1.82, 2.24) is 0 Å². The molecule has 0 saturated carbocycles. The molecule has 3 heteroatoms. The predicted molar refractivity (Wildman–Crippen MR) is 88.3 cm³/mol. The zero-order valence-electron chi connectivity index (χ0n) is 11.0. The topological polar surface area (TPSA) is 20.2 Å². The fraction of sp³-hybridized carbons (Fsp3) is 0.250. The van der Waals surface area contributed by atoms with Gasteiger partial charge in [-0.15, -0.1) is 0 Å². The standard InChI is InChI=1S/C16H16Br2O/c1-10-3-4-14(12(5-10)8-17)16-13(9-18)6-11(2)7-15(16)19/h3-7,19H,8-9H2,1-2H3. The number of benzene rings is 2. The van der Waals surface area contributed by atoms with Gasteiger partial charge >= 0.3 is 0 Å². The van der Waals surface area contributed by atoms with E-state index >= 15 is 0 Å². The highest BCUT2D eigenvalue weighted by atomic mass is 79.9. The van der Waals surface area contributed by atoms with Crippen molar-refractivity contribution in [3.63, 3.8) is 0 Å². The van der Waals surface area contributed by atoms with Gasteiger partial charge < -0.3 is 5.11 Å². The third-order valence-corrected chi connectivity index (χ3v) is 4.37. The highest BCUT2D eigenvalue weighted by Gasteiger charge is 2.14. The van der Waals surface area contributed by atoms with E-state index in [4.69, 9.17) is 0 Å². The number of hydrogen-bond donors (Lipinski definition) is 1. The SMILES string of the molecule is Cc1ccc(-c2c(O)cc(C)cc2CBr)c(CBr)c1. The molecular weight excluding hydrogens is 368 g/mol. The molecule has 2 rings (SSSR count). The van der Waals surface area contributed by atoms with Crippen molar-refractivity contribution in [1.29, 1.82) is 0 Å². The predicted octanol–water partition coefficient (Wildman–Crippen LogP) is 5.47. The highest BCUT2D eigenvalue weighted by Crippen LogP contribution is 2.37. The third-order valence-electron chi connectivity index (χ3n) is 3.16. The maximum atomic E-state index is 10.3. The summed E-state index contributed by atoms with van der Waals surface area (Å²) in [6.45, 7) is 4.08. The summed E-state index contributed by atoms with van der Waals surface area (Å²) in [4.78, 5) is 0. The summed E-state index contributed by atoms with van der Waals surface area (Å²) in [6, 6.07) is 10.3. The van der Waals surface area contributed by atoms with Gasteiger partial charge in [0.15, 0.2) is 0 Å². The Hall–Kier alpha value is -0.800. The van der Waals surface area contributed by atoms with Gasteiger partial charge in [0.2, 0.25) is 0 Å². The van der Waals surface area contributed by atoms with Crippen LogP contribution in [0.1, 0.15) is 22.3 Å². The minimum absolute atomic E-state index is 0.348. The second kappa shape index (κ2) is 6.10. The van der Waals surface area contributed by atoms with Crippen LogP contribution in [0.3, 0.4) is 0 Å². The van der Waals surface area contributed by atoms with E-state index in [1.807, 2.05) is 13.0 Å². The second-order valence-corrected chi connectivity index (χ2v) is 5.87. The lowest BCUT2D eigenvalue weighted by Gasteiger charge is -2.15. The largest absolute Gasteiger partial charge is 0.507 e. The van der Waals surface area contributed by atoms with Crippen molar-refractivity contribution in [2.45, 2.75) is 24.5 Å². The highest BCUT2D eigenvalue weighted by molar-refractivity contribution is 9.08. The molecule has 0 aromatic heterocycles. The van der Waals surface area contributed by atoms with Crippen LogP contribution in [0.25, 0.3) is 11.1 Å². The average molecular weight is 384 g/mol. The van der Waals surface area contributed by atoms with Gasteiger partial charge in [0, 0.05) is 16.2 Å². The van der Waals surface area contributed by atoms with Gasteiger partial charge in [-0.1, -0.05) is 61.7 Å². The summed E-state index contributed by atoms with van der Waals surface area (Å²) in [7, 11) is 0. The molecule has 1 N–H and O–H groups in total. The Kier molecular flexibility index (Phi) is 4.69. The Morgan fingerprint density at radius 1 is 0.895 bits per heavy atom. The van der Waals surface area contributed by atoms with Crippen molar-refractivity contribution < 1.29 is 5.11 Å². The van der Waals surface area contributed by atoms with E-state index in [2.05, 4.69) is 63.0 Å². The van der Waals surface area contributed by atoms with E-state index in [1.54, 1.807) is 0 Å². The van der Waals surface area contributed by atoms with E-state index in [0.29, 0.717) is 5.75 Å². The molecule has 2 aromatic carbocycles. The van der Waals surface area contributed by atoms with Crippen LogP contribution in [0.15, 0.2) is 30.3 Å². The molecule has 0 aliphatic carbocycles. The fourth-order valence-corrected chi connectivity index (χ4v) is 3.24. The van der Waals surface area contributed by atoms with E-state index in [9.17, 15) is 5.11 Å². The summed E-state index contributed by atoms with van der Waals surface area (Å²) in [5.41, 5.74) is 6.63. The smallest absolute Gasteiger partial charge is 0.123 e. The van der Waals surface area contributed by atoms with Crippen LogP contribution in [0.5, 0.6) is 5.75 Å². The number of hydrogen-bond acceptors (Lipinski definition) is 1. The van der Waals surface area contributed by atoms with Crippen LogP contribution in [-0.4, -0.2) is 5.11 Å². The quantitative estimate of drug-likeness (QED) is 0.697. The maximum absolute atomic E-state index is 10.3. The number of alkyl halides is 2.